The van der Waals surface area contributed by atoms with E-state index in [0.29, 0.717) is 12.8 Å². The van der Waals surface area contributed by atoms with Gasteiger partial charge < -0.3 is 9.64 Å². The zero-order chi connectivity index (χ0) is 18.1. The van der Waals surface area contributed by atoms with Gasteiger partial charge in [-0.05, 0) is 37.1 Å². The molecule has 1 saturated heterocycles. The normalized spacial score (nSPS) is 19.3. The minimum atomic E-state index is -4.85. The number of benzene rings is 1. The van der Waals surface area contributed by atoms with Crippen molar-refractivity contribution in [1.29, 1.82) is 0 Å². The average molecular weight is 366 g/mol. The van der Waals surface area contributed by atoms with E-state index >= 15 is 0 Å². The molecule has 0 radical (unpaired) electrons. The second-order valence-corrected chi connectivity index (χ2v) is 7.42. The van der Waals surface area contributed by atoms with Crippen LogP contribution in [-0.2, 0) is 14.8 Å². The van der Waals surface area contributed by atoms with Gasteiger partial charge in [-0.1, -0.05) is 0 Å². The van der Waals surface area contributed by atoms with Crippen molar-refractivity contribution < 1.29 is 31.1 Å². The summed E-state index contributed by atoms with van der Waals surface area (Å²) in [6.45, 7) is 0.188. The number of ether oxygens (including phenoxy) is 1. The fraction of sp³-hybridized carbons (Fsp3) is 0.500. The van der Waals surface area contributed by atoms with Gasteiger partial charge in [0.15, 0.2) is 0 Å². The van der Waals surface area contributed by atoms with E-state index in [2.05, 4.69) is 4.74 Å². The van der Waals surface area contributed by atoms with Gasteiger partial charge in [-0.3, -0.25) is 4.79 Å². The van der Waals surface area contributed by atoms with E-state index in [1.165, 1.54) is 19.0 Å². The molecule has 1 aliphatic rings. The van der Waals surface area contributed by atoms with Crippen molar-refractivity contribution in [3.05, 3.63) is 24.3 Å². The third-order valence-corrected chi connectivity index (χ3v) is 5.52. The fourth-order valence-corrected chi connectivity index (χ4v) is 4.17. The average Bonchev–Trinajstić information content (AvgIpc) is 2.95. The predicted molar refractivity (Wildman–Crippen MR) is 78.7 cm³/mol. The first-order valence-electron chi connectivity index (χ1n) is 7.11. The summed E-state index contributed by atoms with van der Waals surface area (Å²) in [5, 5.41) is 0. The number of likely N-dealkylation sites (N-methyl/N-ethyl adjacent to an activating group) is 1. The van der Waals surface area contributed by atoms with Gasteiger partial charge in [0.25, 0.3) is 0 Å². The lowest BCUT2D eigenvalue weighted by molar-refractivity contribution is -0.274. The smallest absolute Gasteiger partial charge is 0.406 e. The molecule has 0 spiro atoms. The molecule has 1 aliphatic heterocycles. The van der Waals surface area contributed by atoms with Crippen LogP contribution >= 0.6 is 0 Å². The van der Waals surface area contributed by atoms with Gasteiger partial charge in [-0.15, -0.1) is 13.2 Å². The number of hydrogen-bond donors (Lipinski definition) is 0. The van der Waals surface area contributed by atoms with Crippen LogP contribution in [0.1, 0.15) is 12.8 Å². The van der Waals surface area contributed by atoms with E-state index < -0.39 is 28.2 Å². The number of halogens is 3. The molecule has 1 aromatic carbocycles. The Labute approximate surface area is 137 Å². The molecule has 2 rings (SSSR count). The standard InChI is InChI=1S/C14H17F3N2O4S/c1-18(2)13(20)12-4-3-9-19(12)24(21,22)11-7-5-10(6-8-11)23-14(15,16)17/h5-8,12H,3-4,9H2,1-2H3. The summed E-state index contributed by atoms with van der Waals surface area (Å²) in [7, 11) is -0.905. The van der Waals surface area contributed by atoms with E-state index in [1.54, 1.807) is 0 Å². The summed E-state index contributed by atoms with van der Waals surface area (Å²) in [4.78, 5) is 13.3. The van der Waals surface area contributed by atoms with Crippen LogP contribution in [0.25, 0.3) is 0 Å². The van der Waals surface area contributed by atoms with E-state index in [0.717, 1.165) is 28.6 Å². The first-order valence-corrected chi connectivity index (χ1v) is 8.55. The van der Waals surface area contributed by atoms with Crippen LogP contribution < -0.4 is 4.74 Å². The zero-order valence-electron chi connectivity index (χ0n) is 13.1. The van der Waals surface area contributed by atoms with E-state index in [9.17, 15) is 26.4 Å². The minimum Gasteiger partial charge on any atom is -0.406 e. The molecule has 1 aromatic rings. The Bertz CT molecular complexity index is 702. The maximum Gasteiger partial charge on any atom is 0.573 e. The van der Waals surface area contributed by atoms with Crippen molar-refractivity contribution in [1.82, 2.24) is 9.21 Å². The van der Waals surface area contributed by atoms with Crippen molar-refractivity contribution in [3.8, 4) is 5.75 Å². The Kier molecular flexibility index (Phi) is 5.09. The Morgan fingerprint density at radius 1 is 1.25 bits per heavy atom. The maximum atomic E-state index is 12.7. The first kappa shape index (κ1) is 18.5. The summed E-state index contributed by atoms with van der Waals surface area (Å²) in [5.74, 6) is -0.836. The van der Waals surface area contributed by atoms with Gasteiger partial charge in [0.05, 0.1) is 4.90 Å². The molecule has 1 unspecified atom stereocenters. The Morgan fingerprint density at radius 3 is 2.33 bits per heavy atom. The third-order valence-electron chi connectivity index (χ3n) is 3.59. The molecule has 1 heterocycles. The molecule has 1 fully saturated rings. The Balaban J connectivity index is 2.25. The monoisotopic (exact) mass is 366 g/mol. The fourth-order valence-electron chi connectivity index (χ4n) is 2.52. The Hall–Kier alpha value is -1.81. The van der Waals surface area contributed by atoms with Gasteiger partial charge >= 0.3 is 6.36 Å². The number of hydrogen-bond acceptors (Lipinski definition) is 4. The highest BCUT2D eigenvalue weighted by Crippen LogP contribution is 2.29. The molecule has 0 N–H and O–H groups in total. The molecule has 0 bridgehead atoms. The van der Waals surface area contributed by atoms with Crippen molar-refractivity contribution >= 4 is 15.9 Å². The van der Waals surface area contributed by atoms with Gasteiger partial charge in [0, 0.05) is 20.6 Å². The summed E-state index contributed by atoms with van der Waals surface area (Å²) in [6.07, 6.45) is -3.90. The van der Waals surface area contributed by atoms with Crippen LogP contribution in [0.2, 0.25) is 0 Å². The molecule has 6 nitrogen and oxygen atoms in total. The SMILES string of the molecule is CN(C)C(=O)C1CCCN1S(=O)(=O)c1ccc(OC(F)(F)F)cc1. The number of carbonyl (C=O) groups excluding carboxylic acids is 1. The lowest BCUT2D eigenvalue weighted by Crippen LogP contribution is -2.45. The van der Waals surface area contributed by atoms with Gasteiger partial charge in [0.2, 0.25) is 15.9 Å². The highest BCUT2D eigenvalue weighted by Gasteiger charge is 2.40. The predicted octanol–water partition coefficient (Wildman–Crippen LogP) is 1.83. The topological polar surface area (TPSA) is 66.9 Å². The molecule has 0 saturated carbocycles. The molecule has 24 heavy (non-hydrogen) atoms. The van der Waals surface area contributed by atoms with Crippen molar-refractivity contribution in [2.45, 2.75) is 30.1 Å². The Morgan fingerprint density at radius 2 is 1.83 bits per heavy atom. The molecule has 1 amide bonds. The van der Waals surface area contributed by atoms with Crippen molar-refractivity contribution in [3.63, 3.8) is 0 Å². The number of sulfonamides is 1. The molecule has 0 aromatic heterocycles. The summed E-state index contributed by atoms with van der Waals surface area (Å²) in [6, 6.07) is 3.13. The number of rotatable bonds is 4. The summed E-state index contributed by atoms with van der Waals surface area (Å²) >= 11 is 0. The second-order valence-electron chi connectivity index (χ2n) is 5.53. The lowest BCUT2D eigenvalue weighted by atomic mass is 10.2. The van der Waals surface area contributed by atoms with Crippen LogP contribution in [0.4, 0.5) is 13.2 Å². The van der Waals surface area contributed by atoms with Crippen LogP contribution in [0, 0.1) is 0 Å². The lowest BCUT2D eigenvalue weighted by Gasteiger charge is -2.25. The van der Waals surface area contributed by atoms with Crippen LogP contribution in [0.3, 0.4) is 0 Å². The number of amides is 1. The summed E-state index contributed by atoms with van der Waals surface area (Å²) < 4.78 is 66.6. The number of nitrogens with zero attached hydrogens (tertiary/aromatic N) is 2. The molecule has 1 atom stereocenters. The maximum absolute atomic E-state index is 12.7. The largest absolute Gasteiger partial charge is 0.573 e. The first-order chi connectivity index (χ1) is 11.0. The van der Waals surface area contributed by atoms with Crippen molar-refractivity contribution in [2.24, 2.45) is 0 Å². The van der Waals surface area contributed by atoms with Gasteiger partial charge in [0.1, 0.15) is 11.8 Å². The van der Waals surface area contributed by atoms with E-state index in [-0.39, 0.29) is 17.3 Å². The quantitative estimate of drug-likeness (QED) is 0.815. The molecule has 10 heteroatoms. The number of carbonyl (C=O) groups is 1. The highest BCUT2D eigenvalue weighted by molar-refractivity contribution is 7.89. The van der Waals surface area contributed by atoms with Crippen LogP contribution in [-0.4, -0.2) is 56.6 Å². The van der Waals surface area contributed by atoms with Gasteiger partial charge in [-0.2, -0.15) is 4.31 Å². The summed E-state index contributed by atoms with van der Waals surface area (Å²) in [5.41, 5.74) is 0. The number of alkyl halides is 3. The van der Waals surface area contributed by atoms with Crippen molar-refractivity contribution in [2.75, 3.05) is 20.6 Å². The minimum absolute atomic E-state index is 0.185. The van der Waals surface area contributed by atoms with Gasteiger partial charge in [-0.25, -0.2) is 8.42 Å². The second kappa shape index (κ2) is 6.60. The molecular formula is C14H17F3N2O4S. The molecule has 0 aliphatic carbocycles. The molecule has 134 valence electrons. The molecular weight excluding hydrogens is 349 g/mol. The zero-order valence-corrected chi connectivity index (χ0v) is 13.9. The van der Waals surface area contributed by atoms with Crippen LogP contribution in [0.15, 0.2) is 29.2 Å². The highest BCUT2D eigenvalue weighted by atomic mass is 32.2. The third kappa shape index (κ3) is 3.99. The van der Waals surface area contributed by atoms with Crippen LogP contribution in [0.5, 0.6) is 5.75 Å². The van der Waals surface area contributed by atoms with E-state index in [1.807, 2.05) is 0 Å². The van der Waals surface area contributed by atoms with E-state index in [4.69, 9.17) is 0 Å².